The Kier molecular flexibility index (Phi) is 6.68. The smallest absolute Gasteiger partial charge is 0.341 e. The summed E-state index contributed by atoms with van der Waals surface area (Å²) in [6.07, 6.45) is 1.25. The third kappa shape index (κ3) is 4.90. The molecule has 0 unspecified atom stereocenters. The second-order valence-electron chi connectivity index (χ2n) is 6.39. The van der Waals surface area contributed by atoms with E-state index in [1.165, 1.54) is 30.3 Å². The van der Waals surface area contributed by atoms with Crippen LogP contribution in [0.25, 0.3) is 6.08 Å². The number of halogens is 3. The summed E-state index contributed by atoms with van der Waals surface area (Å²) in [7, 11) is 0. The van der Waals surface area contributed by atoms with Gasteiger partial charge in [0.25, 0.3) is 11.8 Å². The van der Waals surface area contributed by atoms with Crippen molar-refractivity contribution in [1.29, 1.82) is 0 Å². The number of carboxylic acids is 1. The Morgan fingerprint density at radius 2 is 1.90 bits per heavy atom. The molecule has 0 aliphatic carbocycles. The molecule has 0 saturated carbocycles. The molecule has 1 aliphatic heterocycles. The fourth-order valence-corrected chi connectivity index (χ4v) is 3.88. The van der Waals surface area contributed by atoms with Crippen molar-refractivity contribution in [3.05, 3.63) is 61.5 Å². The molecule has 1 fully saturated rings. The molecule has 0 spiro atoms. The molecular weight excluding hydrogens is 515 g/mol. The maximum atomic E-state index is 13.0. The van der Waals surface area contributed by atoms with Crippen molar-refractivity contribution in [2.45, 2.75) is 6.92 Å². The van der Waals surface area contributed by atoms with E-state index < -0.39 is 30.4 Å². The number of anilines is 1. The first-order chi connectivity index (χ1) is 14.6. The monoisotopic (exact) mass is 526 g/mol. The lowest BCUT2D eigenvalue weighted by Crippen LogP contribution is -2.54. The van der Waals surface area contributed by atoms with Crippen molar-refractivity contribution in [2.24, 2.45) is 0 Å². The van der Waals surface area contributed by atoms with E-state index in [9.17, 15) is 19.2 Å². The van der Waals surface area contributed by atoms with Crippen molar-refractivity contribution in [1.82, 2.24) is 5.32 Å². The number of urea groups is 1. The number of carbonyl (C=O) groups excluding carboxylic acids is 3. The zero-order valence-corrected chi connectivity index (χ0v) is 18.8. The number of barbiturate groups is 1. The van der Waals surface area contributed by atoms with Crippen molar-refractivity contribution in [3.8, 4) is 5.75 Å². The highest BCUT2D eigenvalue weighted by molar-refractivity contribution is 9.10. The third-order valence-corrected chi connectivity index (χ3v) is 5.46. The number of carboxylic acid groups (broad SMARTS) is 1. The first-order valence-electron chi connectivity index (χ1n) is 8.59. The topological polar surface area (TPSA) is 113 Å². The molecule has 160 valence electrons. The highest BCUT2D eigenvalue weighted by atomic mass is 79.9. The van der Waals surface area contributed by atoms with Crippen molar-refractivity contribution in [2.75, 3.05) is 11.5 Å². The van der Waals surface area contributed by atoms with E-state index in [-0.39, 0.29) is 22.0 Å². The van der Waals surface area contributed by atoms with E-state index in [0.717, 1.165) is 10.5 Å². The number of nitrogens with one attached hydrogen (secondary N) is 1. The first-order valence-corrected chi connectivity index (χ1v) is 10.1. The molecule has 1 heterocycles. The molecule has 0 atom stereocenters. The minimum Gasteiger partial charge on any atom is -0.479 e. The van der Waals surface area contributed by atoms with Gasteiger partial charge < -0.3 is 9.84 Å². The summed E-state index contributed by atoms with van der Waals surface area (Å²) < 4.78 is 5.43. The van der Waals surface area contributed by atoms with Gasteiger partial charge >= 0.3 is 12.0 Å². The van der Waals surface area contributed by atoms with Crippen LogP contribution in [-0.4, -0.2) is 35.5 Å². The molecule has 1 aliphatic rings. The third-order valence-electron chi connectivity index (χ3n) is 4.19. The van der Waals surface area contributed by atoms with Gasteiger partial charge in [-0.3, -0.25) is 14.9 Å². The van der Waals surface area contributed by atoms with E-state index in [1.54, 1.807) is 13.0 Å². The number of rotatable bonds is 5. The molecule has 2 N–H and O–H groups in total. The fourth-order valence-electron chi connectivity index (χ4n) is 2.71. The minimum absolute atomic E-state index is 0.0596. The predicted molar refractivity (Wildman–Crippen MR) is 117 cm³/mol. The predicted octanol–water partition coefficient (Wildman–Crippen LogP) is 4.19. The second-order valence-corrected chi connectivity index (χ2v) is 8.06. The maximum absolute atomic E-state index is 13.0. The van der Waals surface area contributed by atoms with Crippen molar-refractivity contribution < 1.29 is 29.0 Å². The molecule has 4 amide bonds. The van der Waals surface area contributed by atoms with Crippen LogP contribution in [0.4, 0.5) is 10.5 Å². The lowest BCUT2D eigenvalue weighted by Gasteiger charge is -2.26. The molecule has 2 aromatic rings. The Labute approximate surface area is 194 Å². The largest absolute Gasteiger partial charge is 0.479 e. The van der Waals surface area contributed by atoms with E-state index >= 15 is 0 Å². The summed E-state index contributed by atoms with van der Waals surface area (Å²) >= 11 is 15.5. The van der Waals surface area contributed by atoms with Crippen LogP contribution in [-0.2, 0) is 14.4 Å². The molecule has 2 aromatic carbocycles. The molecule has 31 heavy (non-hydrogen) atoms. The second kappa shape index (κ2) is 9.09. The number of hydrogen-bond acceptors (Lipinski definition) is 5. The van der Waals surface area contributed by atoms with Gasteiger partial charge in [0.2, 0.25) is 0 Å². The van der Waals surface area contributed by atoms with E-state index in [4.69, 9.17) is 33.0 Å². The standard InChI is InChI=1S/C20H13BrCl2N2O6/c1-9-2-3-11(7-14(9)22)25-19(29)12(18(28)24-20(25)30)4-10-5-13(21)17(15(23)6-10)31-8-16(26)27/h2-7H,8H2,1H3,(H,26,27)(H,24,28,30)/b12-4-. The number of hydrogen-bond donors (Lipinski definition) is 2. The van der Waals surface area contributed by atoms with E-state index in [1.807, 2.05) is 0 Å². The van der Waals surface area contributed by atoms with Crippen LogP contribution in [0.1, 0.15) is 11.1 Å². The highest BCUT2D eigenvalue weighted by Crippen LogP contribution is 2.35. The number of benzene rings is 2. The summed E-state index contributed by atoms with van der Waals surface area (Å²) in [5.74, 6) is -2.80. The van der Waals surface area contributed by atoms with Crippen LogP contribution in [0.5, 0.6) is 5.75 Å². The molecule has 3 rings (SSSR count). The number of ether oxygens (including phenoxy) is 1. The number of aliphatic carboxylic acids is 1. The van der Waals surface area contributed by atoms with Gasteiger partial charge in [0, 0.05) is 5.02 Å². The van der Waals surface area contributed by atoms with Crippen LogP contribution in [0.15, 0.2) is 40.4 Å². The van der Waals surface area contributed by atoms with E-state index in [2.05, 4.69) is 21.2 Å². The van der Waals surface area contributed by atoms with Gasteiger partial charge in [0.1, 0.15) is 5.57 Å². The molecule has 0 aromatic heterocycles. The number of nitrogens with zero attached hydrogens (tertiary/aromatic N) is 1. The summed E-state index contributed by atoms with van der Waals surface area (Å²) in [5, 5.41) is 11.3. The van der Waals surface area contributed by atoms with Crippen LogP contribution in [0.3, 0.4) is 0 Å². The average molecular weight is 528 g/mol. The first kappa shape index (κ1) is 22.8. The maximum Gasteiger partial charge on any atom is 0.341 e. The zero-order chi connectivity index (χ0) is 22.9. The Morgan fingerprint density at radius 1 is 1.19 bits per heavy atom. The Hall–Kier alpha value is -2.88. The van der Waals surface area contributed by atoms with Crippen LogP contribution in [0.2, 0.25) is 10.0 Å². The molecule has 0 bridgehead atoms. The van der Waals surface area contributed by atoms with Gasteiger partial charge in [-0.2, -0.15) is 0 Å². The SMILES string of the molecule is Cc1ccc(N2C(=O)NC(=O)/C(=C/c3cc(Cl)c(OCC(=O)O)c(Br)c3)C2=O)cc1Cl. The Balaban J connectivity index is 1.98. The lowest BCUT2D eigenvalue weighted by molar-refractivity contribution is -0.139. The average Bonchev–Trinajstić information content (AvgIpc) is 2.67. The van der Waals surface area contributed by atoms with Gasteiger partial charge in [-0.25, -0.2) is 14.5 Å². The number of aryl methyl sites for hydroxylation is 1. The Morgan fingerprint density at radius 3 is 2.52 bits per heavy atom. The van der Waals surface area contributed by atoms with E-state index in [0.29, 0.717) is 15.1 Å². The van der Waals surface area contributed by atoms with Crippen molar-refractivity contribution in [3.63, 3.8) is 0 Å². The van der Waals surface area contributed by atoms with Crippen LogP contribution in [0, 0.1) is 6.92 Å². The highest BCUT2D eigenvalue weighted by Gasteiger charge is 2.37. The van der Waals surface area contributed by atoms with Crippen LogP contribution < -0.4 is 15.0 Å². The number of amides is 4. The number of imide groups is 2. The molecule has 11 heteroatoms. The zero-order valence-electron chi connectivity index (χ0n) is 15.7. The lowest BCUT2D eigenvalue weighted by atomic mass is 10.1. The van der Waals surface area contributed by atoms with Gasteiger partial charge in [-0.15, -0.1) is 0 Å². The van der Waals surface area contributed by atoms with Crippen LogP contribution >= 0.6 is 39.1 Å². The quantitative estimate of drug-likeness (QED) is 0.445. The minimum atomic E-state index is -1.18. The number of carbonyl (C=O) groups is 4. The molecular formula is C20H13BrCl2N2O6. The summed E-state index contributed by atoms with van der Waals surface area (Å²) in [5.41, 5.74) is 0.993. The molecule has 8 nitrogen and oxygen atoms in total. The fraction of sp³-hybridized carbons (Fsp3) is 0.100. The van der Waals surface area contributed by atoms with Crippen molar-refractivity contribution >= 4 is 74.7 Å². The Bertz CT molecular complexity index is 1140. The van der Waals surface area contributed by atoms with Gasteiger partial charge in [-0.05, 0) is 64.3 Å². The van der Waals surface area contributed by atoms with Gasteiger partial charge in [0.15, 0.2) is 12.4 Å². The van der Waals surface area contributed by atoms with Gasteiger partial charge in [-0.1, -0.05) is 29.3 Å². The molecule has 1 saturated heterocycles. The molecule has 0 radical (unpaired) electrons. The summed E-state index contributed by atoms with van der Waals surface area (Å²) in [6, 6.07) is 6.60. The summed E-state index contributed by atoms with van der Waals surface area (Å²) in [4.78, 5) is 49.1. The normalized spacial score (nSPS) is 15.3. The van der Waals surface area contributed by atoms with Gasteiger partial charge in [0.05, 0.1) is 15.2 Å². The summed E-state index contributed by atoms with van der Waals surface area (Å²) in [6.45, 7) is 1.17.